The van der Waals surface area contributed by atoms with Crippen molar-refractivity contribution in [3.05, 3.63) is 59.2 Å². The molecule has 1 aliphatic heterocycles. The van der Waals surface area contributed by atoms with Crippen molar-refractivity contribution >= 4 is 9.84 Å². The second-order valence-corrected chi connectivity index (χ2v) is 14.0. The molecule has 0 aromatic heterocycles. The van der Waals surface area contributed by atoms with Gasteiger partial charge in [0.2, 0.25) is 5.79 Å². The van der Waals surface area contributed by atoms with Crippen molar-refractivity contribution in [2.75, 3.05) is 26.3 Å². The van der Waals surface area contributed by atoms with Gasteiger partial charge in [-0.1, -0.05) is 56.1 Å². The quantitative estimate of drug-likeness (QED) is 0.201. The molecule has 1 atom stereocenters. The van der Waals surface area contributed by atoms with Gasteiger partial charge in [-0.2, -0.15) is 0 Å². The largest absolute Gasteiger partial charge is 0.463 e. The molecule has 8 heteroatoms. The van der Waals surface area contributed by atoms with Crippen LogP contribution in [0.2, 0.25) is 0 Å². The first-order valence-electron chi connectivity index (χ1n) is 15.5. The van der Waals surface area contributed by atoms with E-state index in [1.807, 2.05) is 38.1 Å². The minimum atomic E-state index is -3.28. The Bertz CT molecular complexity index is 1310. The number of benzene rings is 2. The van der Waals surface area contributed by atoms with Crippen LogP contribution in [0.1, 0.15) is 101 Å². The lowest BCUT2D eigenvalue weighted by Gasteiger charge is -2.33. The Labute approximate surface area is 252 Å². The Kier molecular flexibility index (Phi) is 12.3. The summed E-state index contributed by atoms with van der Waals surface area (Å²) in [6.45, 7) is 6.93. The lowest BCUT2D eigenvalue weighted by atomic mass is 10.0. The summed E-state index contributed by atoms with van der Waals surface area (Å²) in [6, 6.07) is 12.9. The average molecular weight is 598 g/mol. The van der Waals surface area contributed by atoms with Crippen LogP contribution in [-0.2, 0) is 25.9 Å². The fourth-order valence-electron chi connectivity index (χ4n) is 5.44. The normalized spacial score (nSPS) is 17.5. The molecule has 2 aromatic carbocycles. The summed E-state index contributed by atoms with van der Waals surface area (Å²) >= 11 is 0. The third-order valence-corrected chi connectivity index (χ3v) is 10.1. The highest BCUT2D eigenvalue weighted by atomic mass is 32.2. The molecular formula is C34H47NO6S. The minimum Gasteiger partial charge on any atom is -0.463 e. The first-order valence-corrected chi connectivity index (χ1v) is 17.0. The number of unbranched alkanes of at least 4 members (excludes halogenated alkanes) is 3. The van der Waals surface area contributed by atoms with Crippen LogP contribution in [0.25, 0.3) is 0 Å². The van der Waals surface area contributed by atoms with Crippen molar-refractivity contribution in [1.29, 1.82) is 0 Å². The van der Waals surface area contributed by atoms with Crippen LogP contribution in [0.5, 0.6) is 5.75 Å². The highest BCUT2D eigenvalue weighted by molar-refractivity contribution is 7.92. The molecule has 0 unspecified atom stereocenters. The predicted octanol–water partition coefficient (Wildman–Crippen LogP) is 6.08. The third-order valence-electron chi connectivity index (χ3n) is 7.89. The number of nitrogens with one attached hydrogen (secondary N) is 1. The monoisotopic (exact) mass is 597 g/mol. The second-order valence-electron chi connectivity index (χ2n) is 11.8. The molecule has 0 saturated heterocycles. The predicted molar refractivity (Wildman–Crippen MR) is 165 cm³/mol. The van der Waals surface area contributed by atoms with E-state index < -0.39 is 21.7 Å². The molecule has 4 rings (SSSR count). The zero-order valence-corrected chi connectivity index (χ0v) is 26.0. The summed E-state index contributed by atoms with van der Waals surface area (Å²) in [7, 11) is -3.28. The SMILES string of the molecule is CC1(C)OCc2cc([C@@H](O)CNCCCCCCOCCC#Cc3cccc(S(=O)(=O)C4CCCCC4)c3)ccc2O1. The first kappa shape index (κ1) is 32.5. The molecule has 1 saturated carbocycles. The van der Waals surface area contributed by atoms with Gasteiger partial charge in [-0.3, -0.25) is 0 Å². The van der Waals surface area contributed by atoms with E-state index in [0.29, 0.717) is 37.7 Å². The molecule has 42 heavy (non-hydrogen) atoms. The maximum absolute atomic E-state index is 13.0. The zero-order chi connectivity index (χ0) is 29.8. The van der Waals surface area contributed by atoms with Gasteiger partial charge in [-0.15, -0.1) is 0 Å². The Morgan fingerprint density at radius 1 is 1.05 bits per heavy atom. The van der Waals surface area contributed by atoms with Gasteiger partial charge in [0.05, 0.1) is 29.5 Å². The van der Waals surface area contributed by atoms with Crippen LogP contribution >= 0.6 is 0 Å². The lowest BCUT2D eigenvalue weighted by molar-refractivity contribution is -0.180. The van der Waals surface area contributed by atoms with E-state index in [9.17, 15) is 13.5 Å². The summed E-state index contributed by atoms with van der Waals surface area (Å²) in [5, 5.41) is 13.6. The second kappa shape index (κ2) is 15.9. The minimum absolute atomic E-state index is 0.252. The summed E-state index contributed by atoms with van der Waals surface area (Å²) in [4.78, 5) is 0.397. The van der Waals surface area contributed by atoms with Crippen molar-refractivity contribution in [3.8, 4) is 17.6 Å². The molecule has 1 fully saturated rings. The van der Waals surface area contributed by atoms with Crippen LogP contribution in [-0.4, -0.2) is 50.9 Å². The summed E-state index contributed by atoms with van der Waals surface area (Å²) in [6.07, 6.45) is 8.96. The standard InChI is InChI=1S/C34H47NO6S/c1-34(2)40-26-29-24-28(18-19-33(29)41-34)32(36)25-35-20-9-3-4-10-21-39-22-11-8-13-27-14-12-17-31(23-27)42(37,38)30-15-6-5-7-16-30/h12,14,17-19,23-24,30,32,35-36H,3-7,9-11,15-16,20-22,25-26H2,1-2H3/t32-/m0/s1. The van der Waals surface area contributed by atoms with E-state index in [-0.39, 0.29) is 5.25 Å². The summed E-state index contributed by atoms with van der Waals surface area (Å²) < 4.78 is 43.2. The number of fused-ring (bicyclic) bond motifs is 1. The van der Waals surface area contributed by atoms with Gasteiger partial charge >= 0.3 is 0 Å². The summed E-state index contributed by atoms with van der Waals surface area (Å²) in [5.41, 5.74) is 2.57. The highest BCUT2D eigenvalue weighted by Gasteiger charge is 2.29. The first-order chi connectivity index (χ1) is 20.2. The van der Waals surface area contributed by atoms with E-state index in [4.69, 9.17) is 14.2 Å². The topological polar surface area (TPSA) is 94.1 Å². The number of ether oxygens (including phenoxy) is 3. The third kappa shape index (κ3) is 9.82. The van der Waals surface area contributed by atoms with Crippen LogP contribution in [0.3, 0.4) is 0 Å². The van der Waals surface area contributed by atoms with Gasteiger partial charge in [-0.05, 0) is 68.1 Å². The van der Waals surface area contributed by atoms with Gasteiger partial charge in [0.15, 0.2) is 9.84 Å². The molecule has 0 bridgehead atoms. The number of rotatable bonds is 14. The van der Waals surface area contributed by atoms with Crippen LogP contribution in [0.4, 0.5) is 0 Å². The molecule has 1 aliphatic carbocycles. The molecule has 2 aromatic rings. The Morgan fingerprint density at radius 3 is 2.69 bits per heavy atom. The van der Waals surface area contributed by atoms with Gasteiger partial charge < -0.3 is 24.6 Å². The highest BCUT2D eigenvalue weighted by Crippen LogP contribution is 2.33. The van der Waals surface area contributed by atoms with Gasteiger partial charge in [0.1, 0.15) is 5.75 Å². The van der Waals surface area contributed by atoms with Gasteiger partial charge in [0.25, 0.3) is 0 Å². The average Bonchev–Trinajstić information content (AvgIpc) is 2.99. The van der Waals surface area contributed by atoms with E-state index in [0.717, 1.165) is 86.8 Å². The Balaban J connectivity index is 1.02. The van der Waals surface area contributed by atoms with Crippen molar-refractivity contribution in [2.45, 2.75) is 107 Å². The van der Waals surface area contributed by atoms with Crippen LogP contribution in [0.15, 0.2) is 47.4 Å². The van der Waals surface area contributed by atoms with Crippen molar-refractivity contribution in [2.24, 2.45) is 0 Å². The molecule has 2 aliphatic rings. The number of aliphatic hydroxyl groups excluding tert-OH is 1. The summed E-state index contributed by atoms with van der Waals surface area (Å²) in [5.74, 6) is 6.41. The molecule has 7 nitrogen and oxygen atoms in total. The molecule has 2 N–H and O–H groups in total. The number of hydrogen-bond acceptors (Lipinski definition) is 7. The van der Waals surface area contributed by atoms with Crippen molar-refractivity contribution in [3.63, 3.8) is 0 Å². The van der Waals surface area contributed by atoms with E-state index >= 15 is 0 Å². The molecule has 0 amide bonds. The van der Waals surface area contributed by atoms with Gasteiger partial charge in [-0.25, -0.2) is 8.42 Å². The Hall–Kier alpha value is -2.41. The zero-order valence-electron chi connectivity index (χ0n) is 25.2. The molecule has 1 heterocycles. The molecular weight excluding hydrogens is 550 g/mol. The Morgan fingerprint density at radius 2 is 1.86 bits per heavy atom. The van der Waals surface area contributed by atoms with Crippen molar-refractivity contribution < 1.29 is 27.7 Å². The molecule has 0 spiro atoms. The maximum atomic E-state index is 13.0. The lowest BCUT2D eigenvalue weighted by Crippen LogP contribution is -2.35. The van der Waals surface area contributed by atoms with Crippen LogP contribution < -0.4 is 10.1 Å². The number of aliphatic hydroxyl groups is 1. The van der Waals surface area contributed by atoms with E-state index in [2.05, 4.69) is 17.2 Å². The van der Waals surface area contributed by atoms with Gasteiger partial charge in [0, 0.05) is 44.5 Å². The number of hydrogen-bond donors (Lipinski definition) is 2. The maximum Gasteiger partial charge on any atom is 0.205 e. The fraction of sp³-hybridized carbons (Fsp3) is 0.588. The van der Waals surface area contributed by atoms with Crippen molar-refractivity contribution in [1.82, 2.24) is 5.32 Å². The molecule has 230 valence electrons. The smallest absolute Gasteiger partial charge is 0.205 e. The fourth-order valence-corrected chi connectivity index (χ4v) is 7.34. The molecule has 0 radical (unpaired) electrons. The van der Waals surface area contributed by atoms with E-state index in [1.54, 1.807) is 18.2 Å². The number of sulfone groups is 1. The van der Waals surface area contributed by atoms with E-state index in [1.165, 1.54) is 0 Å². The van der Waals surface area contributed by atoms with Crippen LogP contribution in [0, 0.1) is 11.8 Å².